The zero-order valence-corrected chi connectivity index (χ0v) is 17.4. The smallest absolute Gasteiger partial charge is 0.255 e. The Labute approximate surface area is 166 Å². The fraction of sp³-hybridized carbons (Fsp3) is 0.278. The van der Waals surface area contributed by atoms with E-state index in [-0.39, 0.29) is 28.7 Å². The van der Waals surface area contributed by atoms with Gasteiger partial charge >= 0.3 is 0 Å². The Morgan fingerprint density at radius 3 is 2.44 bits per heavy atom. The molecule has 0 unspecified atom stereocenters. The first-order valence-electron chi connectivity index (χ1n) is 8.08. The highest BCUT2D eigenvalue weighted by molar-refractivity contribution is 9.10. The highest BCUT2D eigenvalue weighted by atomic mass is 79.9. The van der Waals surface area contributed by atoms with Crippen LogP contribution in [-0.2, 0) is 16.6 Å². The van der Waals surface area contributed by atoms with E-state index < -0.39 is 10.0 Å². The highest BCUT2D eigenvalue weighted by Crippen LogP contribution is 2.23. The van der Waals surface area contributed by atoms with Gasteiger partial charge in [-0.2, -0.15) is 0 Å². The number of carbonyl (C=O) groups excluding carboxylic acids is 1. The zero-order valence-electron chi connectivity index (χ0n) is 15.0. The molecule has 0 aliphatic carbocycles. The van der Waals surface area contributed by atoms with Gasteiger partial charge < -0.3 is 9.80 Å². The molecule has 0 fully saturated rings. The minimum absolute atomic E-state index is 0.146. The van der Waals surface area contributed by atoms with Crippen molar-refractivity contribution < 1.29 is 17.6 Å². The molecule has 0 saturated carbocycles. The van der Waals surface area contributed by atoms with Gasteiger partial charge in [-0.05, 0) is 65.9 Å². The van der Waals surface area contributed by atoms with E-state index in [2.05, 4.69) is 15.9 Å². The summed E-state index contributed by atoms with van der Waals surface area (Å²) < 4.78 is 37.2. The molecule has 2 aromatic carbocycles. The number of carbonyl (C=O) groups is 1. The van der Waals surface area contributed by atoms with Crippen molar-refractivity contribution in [3.05, 3.63) is 63.9 Å². The van der Waals surface area contributed by atoms with Gasteiger partial charge in [0.1, 0.15) is 5.82 Å². The van der Waals surface area contributed by atoms with Gasteiger partial charge in [0.25, 0.3) is 5.91 Å². The van der Waals surface area contributed by atoms with Gasteiger partial charge in [-0.25, -0.2) is 17.9 Å². The summed E-state index contributed by atoms with van der Waals surface area (Å²) in [6.45, 7) is 1.17. The summed E-state index contributed by atoms with van der Waals surface area (Å²) in [5.41, 5.74) is 0.817. The Morgan fingerprint density at radius 2 is 1.85 bits per heavy atom. The lowest BCUT2D eigenvalue weighted by molar-refractivity contribution is 0.0730. The Balaban J connectivity index is 2.38. The number of rotatable bonds is 7. The van der Waals surface area contributed by atoms with E-state index in [1.807, 2.05) is 19.0 Å². The van der Waals surface area contributed by atoms with Crippen LogP contribution in [0.3, 0.4) is 0 Å². The second-order valence-corrected chi connectivity index (χ2v) is 8.76. The Morgan fingerprint density at radius 1 is 1.15 bits per heavy atom. The maximum Gasteiger partial charge on any atom is 0.255 e. The Kier molecular flexibility index (Phi) is 7.10. The number of sulfonamides is 1. The Bertz CT molecular complexity index is 935. The summed E-state index contributed by atoms with van der Waals surface area (Å²) in [5, 5.41) is 5.17. The molecular weight excluding hydrogens is 437 g/mol. The average molecular weight is 458 g/mol. The number of primary sulfonamides is 1. The number of nitrogens with two attached hydrogens (primary N) is 1. The zero-order chi connectivity index (χ0) is 20.2. The van der Waals surface area contributed by atoms with E-state index >= 15 is 0 Å². The lowest BCUT2D eigenvalue weighted by Crippen LogP contribution is -2.36. The summed E-state index contributed by atoms with van der Waals surface area (Å²) in [5.74, 6) is -0.761. The molecule has 6 nitrogen and oxygen atoms in total. The standard InChI is InChI=1S/C18H21BrFN3O3S/c1-22(2)8-9-23(12-13-4-3-5-14(20)10-13)18(24)16-11-15(27(21,25)26)6-7-17(16)19/h3-7,10-11H,8-9,12H2,1-2H3,(H2,21,25,26). The predicted octanol–water partition coefficient (Wildman–Crippen LogP) is 2.44. The molecule has 0 aliphatic heterocycles. The molecule has 0 radical (unpaired) electrons. The molecule has 27 heavy (non-hydrogen) atoms. The number of halogens is 2. The van der Waals surface area contributed by atoms with Gasteiger partial charge in [-0.1, -0.05) is 12.1 Å². The van der Waals surface area contributed by atoms with E-state index in [0.29, 0.717) is 23.1 Å². The van der Waals surface area contributed by atoms with Gasteiger partial charge in [0.2, 0.25) is 10.0 Å². The lowest BCUT2D eigenvalue weighted by Gasteiger charge is -2.25. The Hall–Kier alpha value is -1.81. The van der Waals surface area contributed by atoms with Gasteiger partial charge in [0.05, 0.1) is 10.5 Å². The van der Waals surface area contributed by atoms with Crippen LogP contribution in [0.15, 0.2) is 51.8 Å². The molecule has 2 N–H and O–H groups in total. The van der Waals surface area contributed by atoms with Crippen LogP contribution in [-0.4, -0.2) is 51.3 Å². The molecule has 0 atom stereocenters. The van der Waals surface area contributed by atoms with Crippen LogP contribution in [0.1, 0.15) is 15.9 Å². The van der Waals surface area contributed by atoms with Crippen molar-refractivity contribution in [3.63, 3.8) is 0 Å². The summed E-state index contributed by atoms with van der Waals surface area (Å²) in [7, 11) is -0.186. The SMILES string of the molecule is CN(C)CCN(Cc1cccc(F)c1)C(=O)c1cc(S(N)(=O)=O)ccc1Br. The minimum Gasteiger partial charge on any atom is -0.333 e. The first kappa shape index (κ1) is 21.5. The molecule has 1 amide bonds. The van der Waals surface area contributed by atoms with Crippen molar-refractivity contribution in [2.75, 3.05) is 27.2 Å². The van der Waals surface area contributed by atoms with Crippen LogP contribution in [0.5, 0.6) is 0 Å². The molecule has 0 heterocycles. The van der Waals surface area contributed by atoms with Crippen molar-refractivity contribution in [1.82, 2.24) is 9.80 Å². The molecule has 0 aromatic heterocycles. The van der Waals surface area contributed by atoms with Gasteiger partial charge in [0.15, 0.2) is 0 Å². The number of nitrogens with zero attached hydrogens (tertiary/aromatic N) is 2. The van der Waals surface area contributed by atoms with Gasteiger partial charge in [0, 0.05) is 24.1 Å². The summed E-state index contributed by atoms with van der Waals surface area (Å²) in [6.07, 6.45) is 0. The predicted molar refractivity (Wildman–Crippen MR) is 105 cm³/mol. The van der Waals surface area contributed by atoms with Crippen molar-refractivity contribution in [1.29, 1.82) is 0 Å². The first-order valence-corrected chi connectivity index (χ1v) is 10.4. The molecule has 0 saturated heterocycles. The van der Waals surface area contributed by atoms with Crippen LogP contribution in [0.25, 0.3) is 0 Å². The highest BCUT2D eigenvalue weighted by Gasteiger charge is 2.21. The van der Waals surface area contributed by atoms with E-state index in [0.717, 1.165) is 0 Å². The lowest BCUT2D eigenvalue weighted by atomic mass is 10.1. The van der Waals surface area contributed by atoms with Crippen molar-refractivity contribution in [3.8, 4) is 0 Å². The molecule has 0 aliphatic rings. The normalized spacial score (nSPS) is 11.6. The van der Waals surface area contributed by atoms with Crippen LogP contribution in [0.2, 0.25) is 0 Å². The van der Waals surface area contributed by atoms with Crippen LogP contribution in [0.4, 0.5) is 4.39 Å². The number of hydrogen-bond acceptors (Lipinski definition) is 4. The van der Waals surface area contributed by atoms with Crippen molar-refractivity contribution in [2.45, 2.75) is 11.4 Å². The maximum atomic E-state index is 13.5. The molecule has 0 bridgehead atoms. The average Bonchev–Trinajstić information content (AvgIpc) is 2.57. The largest absolute Gasteiger partial charge is 0.333 e. The molecule has 0 spiro atoms. The number of benzene rings is 2. The number of amides is 1. The topological polar surface area (TPSA) is 83.7 Å². The van der Waals surface area contributed by atoms with Crippen molar-refractivity contribution in [2.24, 2.45) is 5.14 Å². The monoisotopic (exact) mass is 457 g/mol. The van der Waals surface area contributed by atoms with Crippen molar-refractivity contribution >= 4 is 31.9 Å². The van der Waals surface area contributed by atoms with E-state index in [4.69, 9.17) is 5.14 Å². The third-order valence-electron chi connectivity index (χ3n) is 3.86. The van der Waals surface area contributed by atoms with Gasteiger partial charge in [-0.15, -0.1) is 0 Å². The quantitative estimate of drug-likeness (QED) is 0.691. The van der Waals surface area contributed by atoms with E-state index in [9.17, 15) is 17.6 Å². The van der Waals surface area contributed by atoms with E-state index in [1.54, 1.807) is 17.0 Å². The second kappa shape index (κ2) is 8.92. The third kappa shape index (κ3) is 6.10. The fourth-order valence-corrected chi connectivity index (χ4v) is 3.40. The number of hydrogen-bond donors (Lipinski definition) is 1. The number of likely N-dealkylation sites (N-methyl/N-ethyl adjacent to an activating group) is 1. The maximum absolute atomic E-state index is 13.5. The third-order valence-corrected chi connectivity index (χ3v) is 5.47. The van der Waals surface area contributed by atoms with Crippen LogP contribution < -0.4 is 5.14 Å². The molecule has 9 heteroatoms. The minimum atomic E-state index is -3.94. The summed E-state index contributed by atoms with van der Waals surface area (Å²) in [4.78, 5) is 16.4. The van der Waals surface area contributed by atoms with Crippen LogP contribution >= 0.6 is 15.9 Å². The molecule has 2 aromatic rings. The summed E-state index contributed by atoms with van der Waals surface area (Å²) in [6, 6.07) is 10.1. The van der Waals surface area contributed by atoms with E-state index in [1.165, 1.54) is 30.3 Å². The molecule has 2 rings (SSSR count). The molecular formula is C18H21BrFN3O3S. The summed E-state index contributed by atoms with van der Waals surface area (Å²) >= 11 is 3.29. The second-order valence-electron chi connectivity index (χ2n) is 6.35. The van der Waals surface area contributed by atoms with Gasteiger partial charge in [-0.3, -0.25) is 4.79 Å². The first-order chi connectivity index (χ1) is 12.6. The van der Waals surface area contributed by atoms with Crippen LogP contribution in [0, 0.1) is 5.82 Å². The fourth-order valence-electron chi connectivity index (χ4n) is 2.44. The molecule has 146 valence electrons.